The van der Waals surface area contributed by atoms with Gasteiger partial charge in [0.25, 0.3) is 0 Å². The Hall–Kier alpha value is -0.610. The number of carbonyl (C=O) groups is 1. The molecule has 0 aromatic carbocycles. The van der Waals surface area contributed by atoms with Crippen LogP contribution in [0.25, 0.3) is 0 Å². The van der Waals surface area contributed by atoms with Crippen LogP contribution < -0.4 is 10.6 Å². The molecule has 0 unspecified atom stereocenters. The van der Waals surface area contributed by atoms with Gasteiger partial charge >= 0.3 is 0 Å². The van der Waals surface area contributed by atoms with Gasteiger partial charge in [0.05, 0.1) is 6.54 Å². The van der Waals surface area contributed by atoms with Crippen LogP contribution in [0.4, 0.5) is 0 Å². The Morgan fingerprint density at radius 2 is 1.95 bits per heavy atom. The molecule has 112 valence electrons. The maximum absolute atomic E-state index is 11.4. The topological polar surface area (TPSA) is 44.4 Å². The van der Waals surface area contributed by atoms with Crippen molar-refractivity contribution in [2.45, 2.75) is 57.9 Å². The molecule has 1 aliphatic rings. The van der Waals surface area contributed by atoms with Gasteiger partial charge in [-0.15, -0.1) is 0 Å². The zero-order valence-corrected chi connectivity index (χ0v) is 12.7. The molecule has 1 rings (SSSR count). The first-order chi connectivity index (χ1) is 9.24. The van der Waals surface area contributed by atoms with Gasteiger partial charge in [0.2, 0.25) is 5.91 Å². The van der Waals surface area contributed by atoms with Crippen LogP contribution in [-0.2, 0) is 4.79 Å². The van der Waals surface area contributed by atoms with Crippen LogP contribution in [0.5, 0.6) is 0 Å². The van der Waals surface area contributed by atoms with Crippen molar-refractivity contribution in [3.8, 4) is 0 Å². The number of nitrogens with one attached hydrogen (secondary N) is 2. The highest BCUT2D eigenvalue weighted by molar-refractivity contribution is 5.77. The van der Waals surface area contributed by atoms with Crippen LogP contribution in [0, 0.1) is 0 Å². The number of amides is 1. The van der Waals surface area contributed by atoms with E-state index >= 15 is 0 Å². The molecule has 0 radical (unpaired) electrons. The van der Waals surface area contributed by atoms with Gasteiger partial charge in [-0.1, -0.05) is 26.2 Å². The van der Waals surface area contributed by atoms with E-state index in [-0.39, 0.29) is 5.91 Å². The summed E-state index contributed by atoms with van der Waals surface area (Å²) in [5, 5.41) is 6.09. The Labute approximate surface area is 118 Å². The predicted octanol–water partition coefficient (Wildman–Crippen LogP) is 1.76. The fourth-order valence-corrected chi connectivity index (χ4v) is 2.69. The van der Waals surface area contributed by atoms with Crippen molar-refractivity contribution in [3.05, 3.63) is 0 Å². The van der Waals surface area contributed by atoms with Gasteiger partial charge in [0, 0.05) is 12.6 Å². The average Bonchev–Trinajstić information content (AvgIpc) is 2.45. The Morgan fingerprint density at radius 3 is 2.63 bits per heavy atom. The van der Waals surface area contributed by atoms with E-state index in [1.54, 1.807) is 0 Å². The van der Waals surface area contributed by atoms with Crippen molar-refractivity contribution < 1.29 is 4.79 Å². The molecule has 0 aromatic heterocycles. The standard InChI is InChI=1S/C15H31N3O/c1-3-10-17-15(19)13-16-11-7-12-18(2)14-8-5-4-6-9-14/h14,16H,3-13H2,1-2H3,(H,17,19). The molecule has 1 aliphatic carbocycles. The first-order valence-corrected chi connectivity index (χ1v) is 7.91. The van der Waals surface area contributed by atoms with Crippen molar-refractivity contribution in [1.82, 2.24) is 15.5 Å². The van der Waals surface area contributed by atoms with Crippen LogP contribution in [0.15, 0.2) is 0 Å². The van der Waals surface area contributed by atoms with Gasteiger partial charge in [-0.2, -0.15) is 0 Å². The zero-order valence-electron chi connectivity index (χ0n) is 12.7. The number of hydrogen-bond acceptors (Lipinski definition) is 3. The predicted molar refractivity (Wildman–Crippen MR) is 80.3 cm³/mol. The lowest BCUT2D eigenvalue weighted by Gasteiger charge is -2.31. The third kappa shape index (κ3) is 7.53. The molecule has 0 heterocycles. The summed E-state index contributed by atoms with van der Waals surface area (Å²) in [6, 6.07) is 0.793. The minimum atomic E-state index is 0.113. The minimum Gasteiger partial charge on any atom is -0.355 e. The molecule has 1 amide bonds. The fraction of sp³-hybridized carbons (Fsp3) is 0.933. The summed E-state index contributed by atoms with van der Waals surface area (Å²) in [5.41, 5.74) is 0. The molecule has 0 aliphatic heterocycles. The third-order valence-electron chi connectivity index (χ3n) is 3.92. The van der Waals surface area contributed by atoms with E-state index < -0.39 is 0 Å². The van der Waals surface area contributed by atoms with E-state index in [0.29, 0.717) is 6.54 Å². The smallest absolute Gasteiger partial charge is 0.233 e. The van der Waals surface area contributed by atoms with Crippen molar-refractivity contribution in [3.63, 3.8) is 0 Å². The van der Waals surface area contributed by atoms with Gasteiger partial charge in [0.1, 0.15) is 0 Å². The highest BCUT2D eigenvalue weighted by Gasteiger charge is 2.17. The monoisotopic (exact) mass is 269 g/mol. The summed E-state index contributed by atoms with van der Waals surface area (Å²) in [4.78, 5) is 13.9. The molecule has 0 bridgehead atoms. The van der Waals surface area contributed by atoms with Gasteiger partial charge in [-0.3, -0.25) is 4.79 Å². The summed E-state index contributed by atoms with van der Waals surface area (Å²) in [6.07, 6.45) is 9.05. The highest BCUT2D eigenvalue weighted by atomic mass is 16.1. The zero-order chi connectivity index (χ0) is 13.9. The summed E-state index contributed by atoms with van der Waals surface area (Å²) in [5.74, 6) is 0.113. The van der Waals surface area contributed by atoms with Crippen LogP contribution in [0.3, 0.4) is 0 Å². The first kappa shape index (κ1) is 16.4. The summed E-state index contributed by atoms with van der Waals surface area (Å²) < 4.78 is 0. The molecule has 2 N–H and O–H groups in total. The lowest BCUT2D eigenvalue weighted by Crippen LogP contribution is -2.37. The van der Waals surface area contributed by atoms with Gasteiger partial charge < -0.3 is 15.5 Å². The molecule has 0 saturated heterocycles. The molecule has 1 fully saturated rings. The second-order valence-corrected chi connectivity index (χ2v) is 5.65. The number of nitrogens with zero attached hydrogens (tertiary/aromatic N) is 1. The SMILES string of the molecule is CCCNC(=O)CNCCCN(C)C1CCCCC1. The van der Waals surface area contributed by atoms with E-state index in [4.69, 9.17) is 0 Å². The van der Waals surface area contributed by atoms with Gasteiger partial charge in [-0.25, -0.2) is 0 Å². The Balaban J connectivity index is 1.96. The fourth-order valence-electron chi connectivity index (χ4n) is 2.69. The van der Waals surface area contributed by atoms with E-state index in [2.05, 4.69) is 29.5 Å². The number of hydrogen-bond donors (Lipinski definition) is 2. The Bertz CT molecular complexity index is 240. The van der Waals surface area contributed by atoms with Crippen LogP contribution in [-0.4, -0.2) is 50.1 Å². The van der Waals surface area contributed by atoms with Gasteiger partial charge in [-0.05, 0) is 45.8 Å². The molecule has 4 nitrogen and oxygen atoms in total. The molecule has 0 atom stereocenters. The van der Waals surface area contributed by atoms with E-state index in [1.807, 2.05) is 0 Å². The Morgan fingerprint density at radius 1 is 1.21 bits per heavy atom. The molecule has 4 heteroatoms. The van der Waals surface area contributed by atoms with E-state index in [0.717, 1.165) is 38.5 Å². The summed E-state index contributed by atoms with van der Waals surface area (Å²) in [7, 11) is 2.24. The quantitative estimate of drug-likeness (QED) is 0.627. The van der Waals surface area contributed by atoms with Crippen LogP contribution in [0.2, 0.25) is 0 Å². The normalized spacial score (nSPS) is 16.8. The van der Waals surface area contributed by atoms with Crippen LogP contribution >= 0.6 is 0 Å². The van der Waals surface area contributed by atoms with Crippen molar-refractivity contribution in [2.24, 2.45) is 0 Å². The summed E-state index contributed by atoms with van der Waals surface area (Å²) >= 11 is 0. The molecular weight excluding hydrogens is 238 g/mol. The maximum atomic E-state index is 11.4. The molecule has 0 spiro atoms. The molecular formula is C15H31N3O. The number of rotatable bonds is 9. The third-order valence-corrected chi connectivity index (χ3v) is 3.92. The minimum absolute atomic E-state index is 0.113. The van der Waals surface area contributed by atoms with Crippen LogP contribution in [0.1, 0.15) is 51.9 Å². The van der Waals surface area contributed by atoms with Crippen molar-refractivity contribution >= 4 is 5.91 Å². The Kier molecular flexibility index (Phi) is 8.84. The lowest BCUT2D eigenvalue weighted by molar-refractivity contribution is -0.120. The molecule has 0 aromatic rings. The molecule has 1 saturated carbocycles. The van der Waals surface area contributed by atoms with E-state index in [1.165, 1.54) is 32.1 Å². The highest BCUT2D eigenvalue weighted by Crippen LogP contribution is 2.21. The maximum Gasteiger partial charge on any atom is 0.233 e. The first-order valence-electron chi connectivity index (χ1n) is 7.91. The summed E-state index contributed by atoms with van der Waals surface area (Å²) in [6.45, 7) is 5.36. The van der Waals surface area contributed by atoms with Gasteiger partial charge in [0.15, 0.2) is 0 Å². The molecule has 19 heavy (non-hydrogen) atoms. The van der Waals surface area contributed by atoms with Crippen molar-refractivity contribution in [2.75, 3.05) is 33.2 Å². The average molecular weight is 269 g/mol. The van der Waals surface area contributed by atoms with Crippen molar-refractivity contribution in [1.29, 1.82) is 0 Å². The lowest BCUT2D eigenvalue weighted by atomic mass is 9.94. The largest absolute Gasteiger partial charge is 0.355 e. The number of carbonyl (C=O) groups excluding carboxylic acids is 1. The second kappa shape index (κ2) is 10.2. The van der Waals surface area contributed by atoms with E-state index in [9.17, 15) is 4.79 Å². The second-order valence-electron chi connectivity index (χ2n) is 5.65.